The third-order valence-corrected chi connectivity index (χ3v) is 3.21. The van der Waals surface area contributed by atoms with Crippen molar-refractivity contribution in [2.24, 2.45) is 0 Å². The van der Waals surface area contributed by atoms with Gasteiger partial charge in [0.15, 0.2) is 0 Å². The maximum absolute atomic E-state index is 11.9. The van der Waals surface area contributed by atoms with Crippen molar-refractivity contribution in [1.82, 2.24) is 15.3 Å². The molecule has 7 heteroatoms. The number of aldehydes is 1. The van der Waals surface area contributed by atoms with Crippen molar-refractivity contribution in [1.29, 1.82) is 0 Å². The third kappa shape index (κ3) is 4.70. The number of rotatable bonds is 7. The van der Waals surface area contributed by atoms with Crippen molar-refractivity contribution in [3.63, 3.8) is 0 Å². The SMILES string of the molecule is O=Cc1cccc(CC[C@H](NC(=O)c2cnccn2)C(=O)O)c1. The van der Waals surface area contributed by atoms with Gasteiger partial charge in [-0.3, -0.25) is 14.6 Å². The Bertz CT molecular complexity index is 703. The number of carbonyl (C=O) groups excluding carboxylic acids is 2. The first-order chi connectivity index (χ1) is 11.1. The quantitative estimate of drug-likeness (QED) is 0.741. The van der Waals surface area contributed by atoms with Crippen LogP contribution in [0.5, 0.6) is 0 Å². The molecule has 2 rings (SSSR count). The molecule has 0 bridgehead atoms. The Labute approximate surface area is 132 Å². The number of aromatic nitrogens is 2. The fourth-order valence-corrected chi connectivity index (χ4v) is 2.04. The molecule has 0 fully saturated rings. The van der Waals surface area contributed by atoms with E-state index < -0.39 is 17.9 Å². The van der Waals surface area contributed by atoms with E-state index in [0.717, 1.165) is 11.8 Å². The molecule has 7 nitrogen and oxygen atoms in total. The van der Waals surface area contributed by atoms with Crippen LogP contribution in [-0.4, -0.2) is 39.3 Å². The summed E-state index contributed by atoms with van der Waals surface area (Å²) in [5.41, 5.74) is 1.41. The van der Waals surface area contributed by atoms with Gasteiger partial charge in [0.05, 0.1) is 6.20 Å². The van der Waals surface area contributed by atoms with Crippen molar-refractivity contribution < 1.29 is 19.5 Å². The summed E-state index contributed by atoms with van der Waals surface area (Å²) in [6.45, 7) is 0. The first-order valence-corrected chi connectivity index (χ1v) is 6.94. The highest BCUT2D eigenvalue weighted by atomic mass is 16.4. The highest BCUT2D eigenvalue weighted by Gasteiger charge is 2.21. The first-order valence-electron chi connectivity index (χ1n) is 6.94. The van der Waals surface area contributed by atoms with Gasteiger partial charge in [-0.1, -0.05) is 18.2 Å². The predicted octanol–water partition coefficient (Wildman–Crippen LogP) is 1.10. The molecule has 0 unspecified atom stereocenters. The van der Waals surface area contributed by atoms with Gasteiger partial charge in [-0.05, 0) is 24.5 Å². The van der Waals surface area contributed by atoms with Crippen LogP contribution in [0.3, 0.4) is 0 Å². The van der Waals surface area contributed by atoms with E-state index in [1.807, 2.05) is 0 Å². The summed E-state index contributed by atoms with van der Waals surface area (Å²) in [7, 11) is 0. The number of aryl methyl sites for hydroxylation is 1. The summed E-state index contributed by atoms with van der Waals surface area (Å²) in [4.78, 5) is 41.6. The summed E-state index contributed by atoms with van der Waals surface area (Å²) in [6.07, 6.45) is 5.39. The van der Waals surface area contributed by atoms with E-state index >= 15 is 0 Å². The minimum absolute atomic E-state index is 0.0571. The molecule has 0 saturated carbocycles. The maximum atomic E-state index is 11.9. The second-order valence-corrected chi connectivity index (χ2v) is 4.86. The zero-order valence-electron chi connectivity index (χ0n) is 12.2. The Morgan fingerprint density at radius 3 is 2.78 bits per heavy atom. The Hall–Kier alpha value is -3.09. The molecule has 0 saturated heterocycles. The number of carboxylic acids is 1. The molecule has 0 radical (unpaired) electrons. The smallest absolute Gasteiger partial charge is 0.326 e. The molecule has 0 aliphatic rings. The van der Waals surface area contributed by atoms with Crippen LogP contribution in [0.25, 0.3) is 0 Å². The van der Waals surface area contributed by atoms with Crippen LogP contribution in [0.1, 0.15) is 32.8 Å². The first kappa shape index (κ1) is 16.3. The third-order valence-electron chi connectivity index (χ3n) is 3.21. The second-order valence-electron chi connectivity index (χ2n) is 4.86. The van der Waals surface area contributed by atoms with Gasteiger partial charge in [0.2, 0.25) is 0 Å². The number of hydrogen-bond acceptors (Lipinski definition) is 5. The number of hydrogen-bond donors (Lipinski definition) is 2. The lowest BCUT2D eigenvalue weighted by atomic mass is 10.0. The number of amides is 1. The van der Waals surface area contributed by atoms with Crippen LogP contribution in [0.2, 0.25) is 0 Å². The van der Waals surface area contributed by atoms with Gasteiger partial charge in [-0.2, -0.15) is 0 Å². The van der Waals surface area contributed by atoms with Gasteiger partial charge >= 0.3 is 5.97 Å². The zero-order valence-corrected chi connectivity index (χ0v) is 12.2. The molecule has 2 aromatic rings. The highest BCUT2D eigenvalue weighted by Crippen LogP contribution is 2.08. The lowest BCUT2D eigenvalue weighted by Crippen LogP contribution is -2.41. The van der Waals surface area contributed by atoms with Crippen molar-refractivity contribution >= 4 is 18.2 Å². The molecule has 0 aliphatic heterocycles. The minimum Gasteiger partial charge on any atom is -0.480 e. The predicted molar refractivity (Wildman–Crippen MR) is 81.1 cm³/mol. The number of aliphatic carboxylic acids is 1. The second kappa shape index (κ2) is 7.79. The Balaban J connectivity index is 2.00. The van der Waals surface area contributed by atoms with E-state index in [-0.39, 0.29) is 12.1 Å². The molecule has 118 valence electrons. The number of benzene rings is 1. The van der Waals surface area contributed by atoms with Gasteiger partial charge < -0.3 is 10.4 Å². The van der Waals surface area contributed by atoms with Crippen LogP contribution in [-0.2, 0) is 11.2 Å². The molecule has 2 N–H and O–H groups in total. The minimum atomic E-state index is -1.13. The molecular weight excluding hydrogens is 298 g/mol. The monoisotopic (exact) mass is 313 g/mol. The van der Waals surface area contributed by atoms with E-state index in [0.29, 0.717) is 12.0 Å². The average molecular weight is 313 g/mol. The standard InChI is InChI=1S/C16H15N3O4/c20-10-12-3-1-2-11(8-12)4-5-13(16(22)23)19-15(21)14-9-17-6-7-18-14/h1-3,6-10,13H,4-5H2,(H,19,21)(H,22,23)/t13-/m0/s1. The largest absolute Gasteiger partial charge is 0.480 e. The van der Waals surface area contributed by atoms with E-state index in [1.54, 1.807) is 24.3 Å². The number of carboxylic acid groups (broad SMARTS) is 1. The van der Waals surface area contributed by atoms with Gasteiger partial charge in [-0.15, -0.1) is 0 Å². The average Bonchev–Trinajstić information content (AvgIpc) is 2.59. The molecule has 1 atom stereocenters. The molecular formula is C16H15N3O4. The van der Waals surface area contributed by atoms with Crippen molar-refractivity contribution in [2.75, 3.05) is 0 Å². The lowest BCUT2D eigenvalue weighted by Gasteiger charge is -2.14. The molecule has 0 spiro atoms. The van der Waals surface area contributed by atoms with Gasteiger partial charge in [0.1, 0.15) is 18.0 Å². The maximum Gasteiger partial charge on any atom is 0.326 e. The van der Waals surface area contributed by atoms with Crippen molar-refractivity contribution in [2.45, 2.75) is 18.9 Å². The molecule has 1 aromatic heterocycles. The lowest BCUT2D eigenvalue weighted by molar-refractivity contribution is -0.139. The van der Waals surface area contributed by atoms with Crippen LogP contribution in [0.15, 0.2) is 42.9 Å². The number of nitrogens with zero attached hydrogens (tertiary/aromatic N) is 2. The van der Waals surface area contributed by atoms with Crippen LogP contribution in [0.4, 0.5) is 0 Å². The summed E-state index contributed by atoms with van der Waals surface area (Å²) in [5, 5.41) is 11.7. The fraction of sp³-hybridized carbons (Fsp3) is 0.188. The molecule has 1 aromatic carbocycles. The fourth-order valence-electron chi connectivity index (χ4n) is 2.04. The number of carbonyl (C=O) groups is 3. The van der Waals surface area contributed by atoms with Crippen LogP contribution < -0.4 is 5.32 Å². The summed E-state index contributed by atoms with van der Waals surface area (Å²) >= 11 is 0. The molecule has 1 amide bonds. The van der Waals surface area contributed by atoms with Crippen LogP contribution >= 0.6 is 0 Å². The van der Waals surface area contributed by atoms with E-state index in [1.165, 1.54) is 18.6 Å². The molecule has 1 heterocycles. The summed E-state index contributed by atoms with van der Waals surface area (Å²) in [6, 6.07) is 5.84. The number of nitrogens with one attached hydrogen (secondary N) is 1. The van der Waals surface area contributed by atoms with Gasteiger partial charge in [-0.25, -0.2) is 9.78 Å². The normalized spacial score (nSPS) is 11.5. The van der Waals surface area contributed by atoms with E-state index in [4.69, 9.17) is 0 Å². The van der Waals surface area contributed by atoms with E-state index in [2.05, 4.69) is 15.3 Å². The Morgan fingerprint density at radius 2 is 2.13 bits per heavy atom. The highest BCUT2D eigenvalue weighted by molar-refractivity contribution is 5.94. The summed E-state index contributed by atoms with van der Waals surface area (Å²) < 4.78 is 0. The van der Waals surface area contributed by atoms with Crippen molar-refractivity contribution in [3.8, 4) is 0 Å². The van der Waals surface area contributed by atoms with Gasteiger partial charge in [0, 0.05) is 18.0 Å². The Morgan fingerprint density at radius 1 is 1.30 bits per heavy atom. The zero-order chi connectivity index (χ0) is 16.7. The van der Waals surface area contributed by atoms with E-state index in [9.17, 15) is 19.5 Å². The Kier molecular flexibility index (Phi) is 5.51. The van der Waals surface area contributed by atoms with Gasteiger partial charge in [0.25, 0.3) is 5.91 Å². The van der Waals surface area contributed by atoms with Crippen molar-refractivity contribution in [3.05, 3.63) is 59.7 Å². The molecule has 23 heavy (non-hydrogen) atoms. The topological polar surface area (TPSA) is 109 Å². The molecule has 0 aliphatic carbocycles. The summed E-state index contributed by atoms with van der Waals surface area (Å²) in [5.74, 6) is -1.72. The van der Waals surface area contributed by atoms with Crippen LogP contribution in [0, 0.1) is 0 Å².